The van der Waals surface area contributed by atoms with Gasteiger partial charge >= 0.3 is 11.9 Å². The van der Waals surface area contributed by atoms with Gasteiger partial charge in [0, 0.05) is 31.6 Å². The molecule has 0 saturated heterocycles. The van der Waals surface area contributed by atoms with Crippen molar-refractivity contribution in [1.29, 1.82) is 0 Å². The summed E-state index contributed by atoms with van der Waals surface area (Å²) in [5.41, 5.74) is 0. The minimum atomic E-state index is -0.250. The molecular weight excluding hydrogens is 440 g/mol. The van der Waals surface area contributed by atoms with E-state index in [1.807, 2.05) is 0 Å². The molecule has 0 aliphatic rings. The van der Waals surface area contributed by atoms with E-state index in [4.69, 9.17) is 9.47 Å². The van der Waals surface area contributed by atoms with Crippen LogP contribution in [0.4, 0.5) is 0 Å². The van der Waals surface area contributed by atoms with Crippen molar-refractivity contribution >= 4 is 17.7 Å². The lowest BCUT2D eigenvalue weighted by Crippen LogP contribution is -2.23. The van der Waals surface area contributed by atoms with Gasteiger partial charge in [0.25, 0.3) is 0 Å². The highest BCUT2D eigenvalue weighted by Gasteiger charge is 2.18. The van der Waals surface area contributed by atoms with Gasteiger partial charge in [-0.2, -0.15) is 0 Å². The largest absolute Gasteiger partial charge is 0.465 e. The second kappa shape index (κ2) is 25.7. The van der Waals surface area contributed by atoms with Gasteiger partial charge in [-0.05, 0) is 19.3 Å². The van der Waals surface area contributed by atoms with E-state index < -0.39 is 0 Å². The summed E-state index contributed by atoms with van der Waals surface area (Å²) in [4.78, 5) is 36.8. The summed E-state index contributed by atoms with van der Waals surface area (Å²) in [6, 6.07) is 0. The first kappa shape index (κ1) is 33.6. The smallest absolute Gasteiger partial charge is 0.305 e. The van der Waals surface area contributed by atoms with Crippen LogP contribution in [0.1, 0.15) is 156 Å². The maximum absolute atomic E-state index is 12.5. The third kappa shape index (κ3) is 24.1. The Balaban J connectivity index is 4.34. The summed E-state index contributed by atoms with van der Waals surface area (Å²) in [6.45, 7) is 6.86. The van der Waals surface area contributed by atoms with E-state index in [9.17, 15) is 14.4 Å². The van der Waals surface area contributed by atoms with Crippen LogP contribution in [0.5, 0.6) is 0 Å². The molecule has 206 valence electrons. The Bertz CT molecular complexity index is 517. The van der Waals surface area contributed by atoms with Crippen molar-refractivity contribution in [3.05, 3.63) is 0 Å². The van der Waals surface area contributed by atoms with Gasteiger partial charge in [-0.15, -0.1) is 0 Å². The van der Waals surface area contributed by atoms with Crippen molar-refractivity contribution in [1.82, 2.24) is 0 Å². The summed E-state index contributed by atoms with van der Waals surface area (Å²) < 4.78 is 10.9. The first-order valence-electron chi connectivity index (χ1n) is 14.9. The Labute approximate surface area is 216 Å². The molecule has 5 nitrogen and oxygen atoms in total. The molecule has 0 rings (SSSR count). The lowest BCUT2D eigenvalue weighted by Gasteiger charge is -2.17. The van der Waals surface area contributed by atoms with Gasteiger partial charge in [-0.1, -0.05) is 111 Å². The van der Waals surface area contributed by atoms with Gasteiger partial charge < -0.3 is 9.47 Å². The maximum Gasteiger partial charge on any atom is 0.305 e. The van der Waals surface area contributed by atoms with Crippen LogP contribution in [-0.4, -0.2) is 30.9 Å². The number of carbonyl (C=O) groups excluding carboxylic acids is 3. The number of rotatable bonds is 26. The number of esters is 2. The number of unbranched alkanes of at least 4 members (excludes halogenated alkanes) is 14. The number of ether oxygens (including phenoxy) is 2. The maximum atomic E-state index is 12.5. The fraction of sp³-hybridized carbons (Fsp3) is 0.900. The SMILES string of the molecule is CCCCCCCCCC(=O)OCC(COC(=O)CCCCCCC)CC(=O)CCCCCCC. The molecule has 1 atom stereocenters. The Morgan fingerprint density at radius 2 is 0.829 bits per heavy atom. The topological polar surface area (TPSA) is 69.7 Å². The van der Waals surface area contributed by atoms with E-state index >= 15 is 0 Å². The molecule has 0 aromatic heterocycles. The van der Waals surface area contributed by atoms with Crippen molar-refractivity contribution in [2.24, 2.45) is 5.92 Å². The predicted molar refractivity (Wildman–Crippen MR) is 144 cm³/mol. The standard InChI is InChI=1S/C30H56O5/c1-4-7-10-13-14-17-20-23-30(33)35-26-27(24-28(31)21-18-15-11-8-5-2)25-34-29(32)22-19-16-12-9-6-3/h27H,4-26H2,1-3H3. The molecule has 0 amide bonds. The number of carbonyl (C=O) groups is 3. The Morgan fingerprint density at radius 1 is 0.486 bits per heavy atom. The molecule has 5 heteroatoms. The van der Waals surface area contributed by atoms with Crippen LogP contribution in [-0.2, 0) is 23.9 Å². The van der Waals surface area contributed by atoms with E-state index in [1.165, 1.54) is 57.8 Å². The first-order chi connectivity index (χ1) is 17.0. The van der Waals surface area contributed by atoms with Crippen LogP contribution in [0.15, 0.2) is 0 Å². The average Bonchev–Trinajstić information content (AvgIpc) is 2.84. The van der Waals surface area contributed by atoms with E-state index in [1.54, 1.807) is 0 Å². The molecule has 0 radical (unpaired) electrons. The van der Waals surface area contributed by atoms with Crippen LogP contribution in [0.25, 0.3) is 0 Å². The Hall–Kier alpha value is -1.39. The zero-order valence-corrected chi connectivity index (χ0v) is 23.4. The monoisotopic (exact) mass is 496 g/mol. The predicted octanol–water partition coefficient (Wildman–Crippen LogP) is 8.51. The molecule has 0 aliphatic heterocycles. The lowest BCUT2D eigenvalue weighted by molar-refractivity contribution is -0.150. The minimum Gasteiger partial charge on any atom is -0.465 e. The molecule has 0 aromatic carbocycles. The molecule has 0 fully saturated rings. The molecule has 35 heavy (non-hydrogen) atoms. The normalized spacial score (nSPS) is 11.9. The molecule has 0 bridgehead atoms. The zero-order chi connectivity index (χ0) is 26.0. The average molecular weight is 497 g/mol. The fourth-order valence-electron chi connectivity index (χ4n) is 4.18. The van der Waals surface area contributed by atoms with Crippen LogP contribution in [0.3, 0.4) is 0 Å². The number of ketones is 1. The van der Waals surface area contributed by atoms with E-state index in [-0.39, 0.29) is 36.9 Å². The molecular formula is C30H56O5. The Morgan fingerprint density at radius 3 is 1.23 bits per heavy atom. The lowest BCUT2D eigenvalue weighted by atomic mass is 10.00. The van der Waals surface area contributed by atoms with Crippen molar-refractivity contribution in [3.63, 3.8) is 0 Å². The summed E-state index contributed by atoms with van der Waals surface area (Å²) in [5, 5.41) is 0. The van der Waals surface area contributed by atoms with Gasteiger partial charge in [-0.25, -0.2) is 0 Å². The fourth-order valence-corrected chi connectivity index (χ4v) is 4.18. The van der Waals surface area contributed by atoms with Gasteiger partial charge in [0.15, 0.2) is 0 Å². The summed E-state index contributed by atoms with van der Waals surface area (Å²) in [7, 11) is 0. The molecule has 0 heterocycles. The zero-order valence-electron chi connectivity index (χ0n) is 23.4. The van der Waals surface area contributed by atoms with Crippen molar-refractivity contribution in [2.75, 3.05) is 13.2 Å². The highest BCUT2D eigenvalue weighted by Crippen LogP contribution is 2.14. The first-order valence-corrected chi connectivity index (χ1v) is 14.9. The molecule has 0 saturated carbocycles. The van der Waals surface area contributed by atoms with Crippen molar-refractivity contribution in [2.45, 2.75) is 156 Å². The van der Waals surface area contributed by atoms with Crippen LogP contribution >= 0.6 is 0 Å². The highest BCUT2D eigenvalue weighted by atomic mass is 16.5. The Kier molecular flexibility index (Phi) is 24.7. The summed E-state index contributed by atoms with van der Waals surface area (Å²) in [6.07, 6.45) is 20.7. The molecule has 1 unspecified atom stereocenters. The van der Waals surface area contributed by atoms with Gasteiger partial charge in [0.1, 0.15) is 5.78 Å². The van der Waals surface area contributed by atoms with Gasteiger partial charge in [0.2, 0.25) is 0 Å². The third-order valence-electron chi connectivity index (χ3n) is 6.50. The van der Waals surface area contributed by atoms with Gasteiger partial charge in [-0.3, -0.25) is 14.4 Å². The van der Waals surface area contributed by atoms with Crippen LogP contribution in [0, 0.1) is 5.92 Å². The number of Topliss-reactive ketones (excluding diaryl/α,β-unsaturated/α-hetero) is 1. The molecule has 0 spiro atoms. The van der Waals surface area contributed by atoms with Crippen LogP contribution in [0.2, 0.25) is 0 Å². The van der Waals surface area contributed by atoms with Crippen LogP contribution < -0.4 is 0 Å². The van der Waals surface area contributed by atoms with Crippen molar-refractivity contribution < 1.29 is 23.9 Å². The van der Waals surface area contributed by atoms with E-state index in [0.29, 0.717) is 25.7 Å². The van der Waals surface area contributed by atoms with Gasteiger partial charge in [0.05, 0.1) is 13.2 Å². The molecule has 0 N–H and O–H groups in total. The third-order valence-corrected chi connectivity index (χ3v) is 6.50. The quantitative estimate of drug-likeness (QED) is 0.0886. The summed E-state index contributed by atoms with van der Waals surface area (Å²) in [5.74, 6) is -0.504. The van der Waals surface area contributed by atoms with Crippen molar-refractivity contribution in [3.8, 4) is 0 Å². The number of hydrogen-bond acceptors (Lipinski definition) is 5. The molecule has 0 aliphatic carbocycles. The van der Waals surface area contributed by atoms with E-state index in [2.05, 4.69) is 20.8 Å². The minimum absolute atomic E-state index is 0.153. The highest BCUT2D eigenvalue weighted by molar-refractivity contribution is 5.78. The number of hydrogen-bond donors (Lipinski definition) is 0. The second-order valence-electron chi connectivity index (χ2n) is 10.2. The van der Waals surface area contributed by atoms with E-state index in [0.717, 1.165) is 51.4 Å². The second-order valence-corrected chi connectivity index (χ2v) is 10.2. The molecule has 0 aromatic rings. The summed E-state index contributed by atoms with van der Waals surface area (Å²) >= 11 is 0.